The molecule has 0 heterocycles. The second kappa shape index (κ2) is 28.4. The Morgan fingerprint density at radius 3 is 1.03 bits per heavy atom. The van der Waals surface area contributed by atoms with Crippen LogP contribution in [0.5, 0.6) is 0 Å². The lowest BCUT2D eigenvalue weighted by Gasteiger charge is -2.26. The van der Waals surface area contributed by atoms with Gasteiger partial charge in [0.05, 0.1) is 25.2 Å². The Bertz CT molecular complexity index is 456. The predicted molar refractivity (Wildman–Crippen MR) is 156 cm³/mol. The third-order valence-corrected chi connectivity index (χ3v) is 7.78. The Morgan fingerprint density at radius 1 is 0.486 bits per heavy atom. The van der Waals surface area contributed by atoms with Crippen molar-refractivity contribution in [2.75, 3.05) is 26.4 Å². The number of hydrogen-bond donors (Lipinski definition) is 3. The third kappa shape index (κ3) is 24.1. The second-order valence-corrected chi connectivity index (χ2v) is 11.5. The monoisotopic (exact) mass is 528 g/mol. The van der Waals surface area contributed by atoms with Gasteiger partial charge in [-0.1, -0.05) is 155 Å². The van der Waals surface area contributed by atoms with Crippen molar-refractivity contribution in [1.82, 2.24) is 0 Å². The fraction of sp³-hybridized carbons (Fsp3) is 0.969. The molecule has 0 aromatic heterocycles. The summed E-state index contributed by atoms with van der Waals surface area (Å²) in [7, 11) is 0. The second-order valence-electron chi connectivity index (χ2n) is 11.5. The van der Waals surface area contributed by atoms with Crippen molar-refractivity contribution in [3.8, 4) is 0 Å². The Kier molecular flexibility index (Phi) is 27.9. The Hall–Kier alpha value is -0.650. The lowest BCUT2D eigenvalue weighted by molar-refractivity contribution is -0.151. The van der Waals surface area contributed by atoms with E-state index in [0.29, 0.717) is 6.42 Å². The summed E-state index contributed by atoms with van der Waals surface area (Å²) >= 11 is 0. The zero-order valence-electron chi connectivity index (χ0n) is 24.7. The number of esters is 1. The molecular formula is C32H64O5. The van der Waals surface area contributed by atoms with Crippen molar-refractivity contribution < 1.29 is 24.9 Å². The summed E-state index contributed by atoms with van der Waals surface area (Å²) in [5.41, 5.74) is -1.14. The van der Waals surface area contributed by atoms with E-state index >= 15 is 0 Å². The largest absolute Gasteiger partial charge is 0.465 e. The molecular weight excluding hydrogens is 464 g/mol. The van der Waals surface area contributed by atoms with Gasteiger partial charge in [0.15, 0.2) is 0 Å². The van der Waals surface area contributed by atoms with Crippen LogP contribution in [0.3, 0.4) is 0 Å². The zero-order valence-corrected chi connectivity index (χ0v) is 24.7. The summed E-state index contributed by atoms with van der Waals surface area (Å²) in [4.78, 5) is 11.8. The van der Waals surface area contributed by atoms with Gasteiger partial charge in [-0.3, -0.25) is 4.79 Å². The van der Waals surface area contributed by atoms with Crippen molar-refractivity contribution in [3.63, 3.8) is 0 Å². The molecule has 0 amide bonds. The summed E-state index contributed by atoms with van der Waals surface area (Å²) in [5.74, 6) is -0.321. The molecule has 0 bridgehead atoms. The van der Waals surface area contributed by atoms with Gasteiger partial charge in [0.25, 0.3) is 0 Å². The quantitative estimate of drug-likeness (QED) is 0.0645. The van der Waals surface area contributed by atoms with Crippen molar-refractivity contribution in [2.45, 2.75) is 167 Å². The predicted octanol–water partition coefficient (Wildman–Crippen LogP) is 8.27. The van der Waals surface area contributed by atoms with E-state index in [-0.39, 0.29) is 12.6 Å². The lowest BCUT2D eigenvalue weighted by atomic mass is 9.93. The van der Waals surface area contributed by atoms with E-state index < -0.39 is 25.2 Å². The van der Waals surface area contributed by atoms with Crippen LogP contribution in [0.4, 0.5) is 0 Å². The molecule has 5 nitrogen and oxygen atoms in total. The number of hydrogen-bond acceptors (Lipinski definition) is 5. The highest BCUT2D eigenvalue weighted by Crippen LogP contribution is 2.17. The third-order valence-electron chi connectivity index (χ3n) is 7.78. The Labute approximate surface area is 230 Å². The fourth-order valence-electron chi connectivity index (χ4n) is 4.82. The van der Waals surface area contributed by atoms with Gasteiger partial charge in [0.1, 0.15) is 6.61 Å². The SMILES string of the molecule is CCCCCCCCCCCCCCCCCCCCCCCCCCC(=O)OCC(CO)(CO)CO. The van der Waals surface area contributed by atoms with Crippen LogP contribution in [0, 0.1) is 5.41 Å². The molecule has 0 fully saturated rings. The minimum absolute atomic E-state index is 0.144. The molecule has 0 saturated carbocycles. The molecule has 0 aromatic rings. The van der Waals surface area contributed by atoms with Crippen molar-refractivity contribution >= 4 is 5.97 Å². The van der Waals surface area contributed by atoms with Crippen LogP contribution in [0.25, 0.3) is 0 Å². The van der Waals surface area contributed by atoms with Crippen molar-refractivity contribution in [2.24, 2.45) is 5.41 Å². The first-order valence-electron chi connectivity index (χ1n) is 16.1. The standard InChI is InChI=1S/C32H64O5/c1-2-3-4-5-6-7-8-9-10-11-12-13-14-15-16-17-18-19-20-21-22-23-24-25-26-31(36)37-30-32(27-33,28-34)29-35/h33-35H,2-30H2,1H3. The highest BCUT2D eigenvalue weighted by Gasteiger charge is 2.30. The zero-order chi connectivity index (χ0) is 27.3. The molecule has 222 valence electrons. The van der Waals surface area contributed by atoms with Gasteiger partial charge in [0.2, 0.25) is 0 Å². The number of aliphatic hydroxyl groups is 3. The van der Waals surface area contributed by atoms with Gasteiger partial charge >= 0.3 is 5.97 Å². The van der Waals surface area contributed by atoms with Crippen molar-refractivity contribution in [3.05, 3.63) is 0 Å². The highest BCUT2D eigenvalue weighted by atomic mass is 16.5. The summed E-state index contributed by atoms with van der Waals surface area (Å²) in [6.45, 7) is 0.913. The Balaban J connectivity index is 3.23. The number of carbonyl (C=O) groups is 1. The average Bonchev–Trinajstić information content (AvgIpc) is 2.92. The summed E-state index contributed by atoms with van der Waals surface area (Å²) in [5, 5.41) is 27.7. The van der Waals surface area contributed by atoms with Crippen LogP contribution in [0.2, 0.25) is 0 Å². The van der Waals surface area contributed by atoms with Gasteiger partial charge in [-0.15, -0.1) is 0 Å². The minimum Gasteiger partial charge on any atom is -0.465 e. The molecule has 0 aliphatic carbocycles. The smallest absolute Gasteiger partial charge is 0.305 e. The first-order valence-corrected chi connectivity index (χ1v) is 16.1. The van der Waals surface area contributed by atoms with Crippen LogP contribution in [0.1, 0.15) is 167 Å². The normalized spacial score (nSPS) is 11.8. The minimum atomic E-state index is -1.14. The topological polar surface area (TPSA) is 87.0 Å². The maximum atomic E-state index is 11.8. The molecule has 0 rings (SSSR count). The molecule has 5 heteroatoms. The lowest BCUT2D eigenvalue weighted by Crippen LogP contribution is -2.39. The first-order chi connectivity index (χ1) is 18.1. The van der Waals surface area contributed by atoms with E-state index in [1.807, 2.05) is 0 Å². The highest BCUT2D eigenvalue weighted by molar-refractivity contribution is 5.69. The van der Waals surface area contributed by atoms with E-state index in [4.69, 9.17) is 4.74 Å². The van der Waals surface area contributed by atoms with Gasteiger partial charge in [-0.05, 0) is 6.42 Å². The van der Waals surface area contributed by atoms with E-state index in [1.54, 1.807) is 0 Å². The molecule has 0 aromatic carbocycles. The molecule has 0 radical (unpaired) electrons. The number of unbranched alkanes of at least 4 members (excludes halogenated alkanes) is 23. The Morgan fingerprint density at radius 2 is 0.757 bits per heavy atom. The van der Waals surface area contributed by atoms with Crippen LogP contribution >= 0.6 is 0 Å². The van der Waals surface area contributed by atoms with Gasteiger partial charge in [0, 0.05) is 6.42 Å². The molecule has 3 N–H and O–H groups in total. The van der Waals surface area contributed by atoms with E-state index in [2.05, 4.69) is 6.92 Å². The maximum absolute atomic E-state index is 11.8. The van der Waals surface area contributed by atoms with Crippen molar-refractivity contribution in [1.29, 1.82) is 0 Å². The van der Waals surface area contributed by atoms with E-state index in [0.717, 1.165) is 19.3 Å². The molecule has 37 heavy (non-hydrogen) atoms. The van der Waals surface area contributed by atoms with E-state index in [1.165, 1.54) is 135 Å². The maximum Gasteiger partial charge on any atom is 0.305 e. The molecule has 0 aliphatic heterocycles. The number of aliphatic hydroxyl groups excluding tert-OH is 3. The number of carbonyl (C=O) groups excluding carboxylic acids is 1. The average molecular weight is 529 g/mol. The van der Waals surface area contributed by atoms with Crippen LogP contribution in [-0.4, -0.2) is 47.7 Å². The summed E-state index contributed by atoms with van der Waals surface area (Å²) in [6.07, 6.45) is 32.8. The van der Waals surface area contributed by atoms with Crippen LogP contribution in [-0.2, 0) is 9.53 Å². The van der Waals surface area contributed by atoms with Gasteiger partial charge in [-0.25, -0.2) is 0 Å². The van der Waals surface area contributed by atoms with Gasteiger partial charge < -0.3 is 20.1 Å². The number of rotatable bonds is 30. The number of ether oxygens (including phenoxy) is 1. The molecule has 0 spiro atoms. The molecule has 0 unspecified atom stereocenters. The molecule has 0 atom stereocenters. The van der Waals surface area contributed by atoms with Crippen LogP contribution in [0.15, 0.2) is 0 Å². The molecule has 0 aliphatic rings. The first kappa shape index (κ1) is 36.4. The van der Waals surface area contributed by atoms with Gasteiger partial charge in [-0.2, -0.15) is 0 Å². The molecule has 0 saturated heterocycles. The fourth-order valence-corrected chi connectivity index (χ4v) is 4.82. The summed E-state index contributed by atoms with van der Waals surface area (Å²) in [6, 6.07) is 0. The van der Waals surface area contributed by atoms with E-state index in [9.17, 15) is 20.1 Å². The summed E-state index contributed by atoms with van der Waals surface area (Å²) < 4.78 is 5.11. The van der Waals surface area contributed by atoms with Crippen LogP contribution < -0.4 is 0 Å².